The Hall–Kier alpha value is -1.25. The minimum absolute atomic E-state index is 0.614. The van der Waals surface area contributed by atoms with E-state index in [9.17, 15) is 5.11 Å². The van der Waals surface area contributed by atoms with Crippen LogP contribution in [-0.4, -0.2) is 10.1 Å². The van der Waals surface area contributed by atoms with Crippen molar-refractivity contribution in [1.29, 1.82) is 0 Å². The van der Waals surface area contributed by atoms with Crippen LogP contribution >= 0.6 is 11.6 Å². The van der Waals surface area contributed by atoms with E-state index in [4.69, 9.17) is 11.6 Å². The smallest absolute Gasteiger partial charge is 0.119 e. The normalized spacial score (nSPS) is 12.7. The van der Waals surface area contributed by atoms with E-state index in [2.05, 4.69) is 4.98 Å². The second-order valence-corrected chi connectivity index (χ2v) is 3.97. The van der Waals surface area contributed by atoms with E-state index in [1.165, 1.54) is 0 Å². The van der Waals surface area contributed by atoms with Crippen LogP contribution in [0.3, 0.4) is 0 Å². The summed E-state index contributed by atoms with van der Waals surface area (Å²) < 4.78 is 0. The van der Waals surface area contributed by atoms with E-state index in [1.54, 1.807) is 12.3 Å². The largest absolute Gasteiger partial charge is 0.382 e. The van der Waals surface area contributed by atoms with Crippen LogP contribution in [0.5, 0.6) is 0 Å². The van der Waals surface area contributed by atoms with E-state index in [0.29, 0.717) is 5.02 Å². The number of aromatic nitrogens is 1. The summed E-state index contributed by atoms with van der Waals surface area (Å²) in [7, 11) is 0. The topological polar surface area (TPSA) is 36.0 Å². The zero-order chi connectivity index (χ0) is 10.8. The Kier molecular flexibility index (Phi) is 2.80. The monoisotopic (exact) mass is 221 g/mol. The molecule has 1 unspecified atom stereocenters. The number of H-pyrrole nitrogens is 1. The van der Waals surface area contributed by atoms with Gasteiger partial charge in [-0.25, -0.2) is 0 Å². The number of hydrogen-bond acceptors (Lipinski definition) is 1. The van der Waals surface area contributed by atoms with Crippen molar-refractivity contribution in [1.82, 2.24) is 4.98 Å². The van der Waals surface area contributed by atoms with Gasteiger partial charge < -0.3 is 10.1 Å². The Balaban J connectivity index is 2.38. The van der Waals surface area contributed by atoms with Crippen LogP contribution in [0.15, 0.2) is 36.5 Å². The van der Waals surface area contributed by atoms with E-state index in [1.807, 2.05) is 31.2 Å². The lowest BCUT2D eigenvalue weighted by atomic mass is 10.0. The van der Waals surface area contributed by atoms with Crippen LogP contribution < -0.4 is 0 Å². The highest BCUT2D eigenvalue weighted by Gasteiger charge is 2.13. The number of nitrogens with one attached hydrogen (secondary N) is 1. The van der Waals surface area contributed by atoms with Crippen molar-refractivity contribution in [2.45, 2.75) is 13.0 Å². The third-order valence-corrected chi connectivity index (χ3v) is 2.68. The van der Waals surface area contributed by atoms with Crippen molar-refractivity contribution in [3.63, 3.8) is 0 Å². The maximum atomic E-state index is 10.1. The van der Waals surface area contributed by atoms with Crippen molar-refractivity contribution in [3.05, 3.63) is 58.4 Å². The first-order chi connectivity index (χ1) is 7.18. The SMILES string of the molecule is Cc1cc(Cl)ccc1C(O)c1ccc[nH]1. The summed E-state index contributed by atoms with van der Waals surface area (Å²) in [6, 6.07) is 9.21. The van der Waals surface area contributed by atoms with Gasteiger partial charge >= 0.3 is 0 Å². The highest BCUT2D eigenvalue weighted by atomic mass is 35.5. The summed E-state index contributed by atoms with van der Waals surface area (Å²) in [4.78, 5) is 2.99. The molecule has 0 aliphatic rings. The zero-order valence-corrected chi connectivity index (χ0v) is 9.12. The zero-order valence-electron chi connectivity index (χ0n) is 8.37. The molecule has 1 heterocycles. The van der Waals surface area contributed by atoms with Crippen molar-refractivity contribution >= 4 is 11.6 Å². The molecule has 2 nitrogen and oxygen atoms in total. The molecule has 0 amide bonds. The van der Waals surface area contributed by atoms with Gasteiger partial charge in [0.25, 0.3) is 0 Å². The number of hydrogen-bond donors (Lipinski definition) is 2. The lowest BCUT2D eigenvalue weighted by Gasteiger charge is -2.12. The molecule has 1 aromatic carbocycles. The van der Waals surface area contributed by atoms with Gasteiger partial charge in [0, 0.05) is 16.9 Å². The van der Waals surface area contributed by atoms with Crippen molar-refractivity contribution in [2.75, 3.05) is 0 Å². The molecule has 2 N–H and O–H groups in total. The predicted molar refractivity (Wildman–Crippen MR) is 61.0 cm³/mol. The third kappa shape index (κ3) is 2.06. The molecule has 0 bridgehead atoms. The molecule has 3 heteroatoms. The molecular formula is C12H12ClNO. The number of aromatic amines is 1. The Bertz CT molecular complexity index is 451. The molecule has 2 aromatic rings. The number of benzene rings is 1. The molecular weight excluding hydrogens is 210 g/mol. The maximum Gasteiger partial charge on any atom is 0.119 e. The number of aliphatic hydroxyl groups is 1. The summed E-state index contributed by atoms with van der Waals surface area (Å²) in [5.74, 6) is 0. The fourth-order valence-electron chi connectivity index (χ4n) is 1.63. The number of aliphatic hydroxyl groups excluding tert-OH is 1. The van der Waals surface area contributed by atoms with Gasteiger partial charge in [-0.15, -0.1) is 0 Å². The van der Waals surface area contributed by atoms with Gasteiger partial charge in [-0.2, -0.15) is 0 Å². The van der Waals surface area contributed by atoms with Crippen LogP contribution in [0, 0.1) is 6.92 Å². The average molecular weight is 222 g/mol. The number of rotatable bonds is 2. The highest BCUT2D eigenvalue weighted by Crippen LogP contribution is 2.25. The molecule has 0 spiro atoms. The summed E-state index contributed by atoms with van der Waals surface area (Å²) in [6.07, 6.45) is 1.18. The molecule has 0 saturated carbocycles. The molecule has 1 aromatic heterocycles. The molecule has 0 saturated heterocycles. The molecule has 78 valence electrons. The van der Waals surface area contributed by atoms with Gasteiger partial charge in [-0.05, 0) is 42.3 Å². The molecule has 0 aliphatic heterocycles. The fourth-order valence-corrected chi connectivity index (χ4v) is 1.85. The standard InChI is InChI=1S/C12H12ClNO/c1-8-7-9(13)4-5-10(8)12(15)11-3-2-6-14-11/h2-7,12,14-15H,1H3. The molecule has 1 atom stereocenters. The first-order valence-electron chi connectivity index (χ1n) is 4.76. The van der Waals surface area contributed by atoms with Gasteiger partial charge in [0.1, 0.15) is 6.10 Å². The van der Waals surface area contributed by atoms with Crippen LogP contribution in [0.2, 0.25) is 5.02 Å². The molecule has 2 rings (SSSR count). The predicted octanol–water partition coefficient (Wildman–Crippen LogP) is 3.06. The van der Waals surface area contributed by atoms with Crippen molar-refractivity contribution < 1.29 is 5.11 Å². The van der Waals surface area contributed by atoms with Gasteiger partial charge in [0.15, 0.2) is 0 Å². The van der Waals surface area contributed by atoms with Gasteiger partial charge in [-0.3, -0.25) is 0 Å². The Morgan fingerprint density at radius 2 is 2.13 bits per heavy atom. The second-order valence-electron chi connectivity index (χ2n) is 3.53. The summed E-state index contributed by atoms with van der Waals surface area (Å²) >= 11 is 5.86. The number of halogens is 1. The summed E-state index contributed by atoms with van der Waals surface area (Å²) in [5, 5.41) is 10.8. The van der Waals surface area contributed by atoms with Crippen molar-refractivity contribution in [2.24, 2.45) is 0 Å². The van der Waals surface area contributed by atoms with E-state index in [0.717, 1.165) is 16.8 Å². The maximum absolute atomic E-state index is 10.1. The van der Waals surface area contributed by atoms with Crippen LogP contribution in [0.1, 0.15) is 22.9 Å². The first-order valence-corrected chi connectivity index (χ1v) is 5.13. The van der Waals surface area contributed by atoms with Crippen molar-refractivity contribution in [3.8, 4) is 0 Å². The lowest BCUT2D eigenvalue weighted by Crippen LogP contribution is -2.02. The lowest BCUT2D eigenvalue weighted by molar-refractivity contribution is 0.215. The highest BCUT2D eigenvalue weighted by molar-refractivity contribution is 6.30. The quantitative estimate of drug-likeness (QED) is 0.804. The summed E-state index contributed by atoms with van der Waals surface area (Å²) in [6.45, 7) is 1.94. The summed E-state index contributed by atoms with van der Waals surface area (Å²) in [5.41, 5.74) is 2.66. The minimum atomic E-state index is -0.614. The third-order valence-electron chi connectivity index (χ3n) is 2.44. The molecule has 15 heavy (non-hydrogen) atoms. The van der Waals surface area contributed by atoms with E-state index in [-0.39, 0.29) is 0 Å². The fraction of sp³-hybridized carbons (Fsp3) is 0.167. The van der Waals surface area contributed by atoms with Crippen LogP contribution in [0.4, 0.5) is 0 Å². The Morgan fingerprint density at radius 1 is 1.33 bits per heavy atom. The van der Waals surface area contributed by atoms with Crippen LogP contribution in [0.25, 0.3) is 0 Å². The molecule has 0 radical (unpaired) electrons. The second kappa shape index (κ2) is 4.09. The average Bonchev–Trinajstić information content (AvgIpc) is 2.69. The first kappa shape index (κ1) is 10.3. The van der Waals surface area contributed by atoms with Gasteiger partial charge in [0.2, 0.25) is 0 Å². The Labute approximate surface area is 93.5 Å². The van der Waals surface area contributed by atoms with E-state index >= 15 is 0 Å². The number of aryl methyl sites for hydroxylation is 1. The minimum Gasteiger partial charge on any atom is -0.382 e. The van der Waals surface area contributed by atoms with Gasteiger partial charge in [-0.1, -0.05) is 17.7 Å². The van der Waals surface area contributed by atoms with Gasteiger partial charge in [0.05, 0.1) is 0 Å². The molecule has 0 fully saturated rings. The Morgan fingerprint density at radius 3 is 2.73 bits per heavy atom. The van der Waals surface area contributed by atoms with Crippen LogP contribution in [-0.2, 0) is 0 Å². The molecule has 0 aliphatic carbocycles. The van der Waals surface area contributed by atoms with E-state index < -0.39 is 6.10 Å².